The van der Waals surface area contributed by atoms with Gasteiger partial charge in [0.1, 0.15) is 23.1 Å². The molecule has 0 aliphatic carbocycles. The number of aliphatic carboxylic acids is 1. The summed E-state index contributed by atoms with van der Waals surface area (Å²) in [6.07, 6.45) is 10.8. The predicted molar refractivity (Wildman–Crippen MR) is 243 cm³/mol. The molecular weight excluding hydrogens is 757 g/mol. The zero-order chi connectivity index (χ0) is 40.3. The Morgan fingerprint density at radius 1 is 0.603 bits per heavy atom. The zero-order valence-corrected chi connectivity index (χ0v) is 34.7. The SMILES string of the molecule is CCCCCCOc1ccc(N(c2ccc(OCCCCCC)cc2)c2ccc(-c3sc(-c4sc(/C=C(\C#N)C(=O)O)c5ccccc45)c4ccccc34)cc2)cc1. The number of thiophene rings is 2. The molecule has 0 radical (unpaired) electrons. The molecule has 0 fully saturated rings. The molecular formula is C50H48N2O4S2. The molecule has 8 heteroatoms. The van der Waals surface area contributed by atoms with Crippen molar-refractivity contribution in [3.63, 3.8) is 0 Å². The number of hydrogen-bond donors (Lipinski definition) is 1. The van der Waals surface area contributed by atoms with Crippen molar-refractivity contribution in [2.45, 2.75) is 65.2 Å². The molecule has 0 amide bonds. The quantitative estimate of drug-likeness (QED) is 0.0498. The first kappa shape index (κ1) is 40.3. The Kier molecular flexibility index (Phi) is 13.6. The molecule has 2 aromatic heterocycles. The van der Waals surface area contributed by atoms with Crippen LogP contribution in [0.3, 0.4) is 0 Å². The Hall–Kier alpha value is -5.88. The van der Waals surface area contributed by atoms with Gasteiger partial charge in [0.05, 0.1) is 23.0 Å². The van der Waals surface area contributed by atoms with Crippen LogP contribution in [0.15, 0.2) is 127 Å². The van der Waals surface area contributed by atoms with Gasteiger partial charge in [-0.15, -0.1) is 22.7 Å². The first-order valence-corrected chi connectivity index (χ1v) is 21.9. The van der Waals surface area contributed by atoms with E-state index in [4.69, 9.17) is 9.47 Å². The van der Waals surface area contributed by atoms with Gasteiger partial charge < -0.3 is 19.5 Å². The van der Waals surface area contributed by atoms with Gasteiger partial charge in [-0.2, -0.15) is 5.26 Å². The number of carboxylic acids is 1. The Bertz CT molecular complexity index is 2470. The lowest BCUT2D eigenvalue weighted by Crippen LogP contribution is -2.10. The van der Waals surface area contributed by atoms with Gasteiger partial charge in [-0.05, 0) is 85.1 Å². The van der Waals surface area contributed by atoms with E-state index in [1.807, 2.05) is 24.3 Å². The van der Waals surface area contributed by atoms with Crippen LogP contribution in [0, 0.1) is 11.3 Å². The van der Waals surface area contributed by atoms with E-state index in [-0.39, 0.29) is 5.57 Å². The number of ether oxygens (including phenoxy) is 2. The van der Waals surface area contributed by atoms with Crippen LogP contribution in [0.5, 0.6) is 11.5 Å². The first-order valence-electron chi connectivity index (χ1n) is 20.2. The molecule has 7 rings (SSSR count). The molecule has 0 saturated carbocycles. The van der Waals surface area contributed by atoms with Crippen molar-refractivity contribution < 1.29 is 19.4 Å². The van der Waals surface area contributed by atoms with Crippen LogP contribution in [0.2, 0.25) is 0 Å². The van der Waals surface area contributed by atoms with Crippen LogP contribution in [-0.4, -0.2) is 24.3 Å². The van der Waals surface area contributed by atoms with E-state index in [0.29, 0.717) is 0 Å². The second kappa shape index (κ2) is 19.5. The summed E-state index contributed by atoms with van der Waals surface area (Å²) in [6.45, 7) is 5.88. The van der Waals surface area contributed by atoms with Gasteiger partial charge in [-0.1, -0.05) is 113 Å². The van der Waals surface area contributed by atoms with Crippen molar-refractivity contribution in [1.82, 2.24) is 0 Å². The Labute approximate surface area is 349 Å². The van der Waals surface area contributed by atoms with Crippen LogP contribution < -0.4 is 14.4 Å². The van der Waals surface area contributed by atoms with Crippen molar-refractivity contribution in [3.8, 4) is 37.8 Å². The van der Waals surface area contributed by atoms with Crippen LogP contribution in [0.4, 0.5) is 17.1 Å². The molecule has 58 heavy (non-hydrogen) atoms. The minimum absolute atomic E-state index is 0.284. The molecule has 0 aliphatic heterocycles. The fraction of sp³-hybridized carbons (Fsp3) is 0.240. The van der Waals surface area contributed by atoms with Crippen molar-refractivity contribution in [2.24, 2.45) is 0 Å². The highest BCUT2D eigenvalue weighted by Crippen LogP contribution is 2.50. The molecule has 0 spiro atoms. The minimum atomic E-state index is -1.23. The highest BCUT2D eigenvalue weighted by atomic mass is 32.1. The van der Waals surface area contributed by atoms with E-state index in [1.165, 1.54) is 55.9 Å². The number of unbranched alkanes of at least 4 members (excludes halogenated alkanes) is 6. The normalized spacial score (nSPS) is 11.5. The first-order chi connectivity index (χ1) is 28.5. The van der Waals surface area contributed by atoms with Gasteiger partial charge >= 0.3 is 5.97 Å². The third-order valence-corrected chi connectivity index (χ3v) is 12.8. The number of rotatable bonds is 19. The lowest BCUT2D eigenvalue weighted by Gasteiger charge is -2.26. The summed E-state index contributed by atoms with van der Waals surface area (Å²) >= 11 is 3.26. The van der Waals surface area contributed by atoms with E-state index < -0.39 is 5.97 Å². The van der Waals surface area contributed by atoms with Gasteiger partial charge in [0.25, 0.3) is 0 Å². The topological polar surface area (TPSA) is 82.8 Å². The minimum Gasteiger partial charge on any atom is -0.494 e. The molecule has 7 aromatic rings. The van der Waals surface area contributed by atoms with Gasteiger partial charge in [0, 0.05) is 48.4 Å². The second-order valence-electron chi connectivity index (χ2n) is 14.3. The molecule has 2 heterocycles. The highest BCUT2D eigenvalue weighted by Gasteiger charge is 2.21. The van der Waals surface area contributed by atoms with E-state index in [2.05, 4.69) is 122 Å². The Morgan fingerprint density at radius 2 is 1.05 bits per heavy atom. The van der Waals surface area contributed by atoms with Crippen LogP contribution in [-0.2, 0) is 4.79 Å². The molecule has 1 N–H and O–H groups in total. The predicted octanol–water partition coefficient (Wildman–Crippen LogP) is 14.8. The summed E-state index contributed by atoms with van der Waals surface area (Å²) in [7, 11) is 0. The van der Waals surface area contributed by atoms with Crippen molar-refractivity contribution >= 4 is 73.3 Å². The second-order valence-corrected chi connectivity index (χ2v) is 16.4. The fourth-order valence-corrected chi connectivity index (χ4v) is 9.83. The smallest absolute Gasteiger partial charge is 0.346 e. The van der Waals surface area contributed by atoms with Crippen LogP contribution in [0.1, 0.15) is 70.1 Å². The summed E-state index contributed by atoms with van der Waals surface area (Å²) in [5, 5.41) is 23.4. The lowest BCUT2D eigenvalue weighted by molar-refractivity contribution is -0.132. The summed E-state index contributed by atoms with van der Waals surface area (Å²) in [5.74, 6) is 0.513. The molecule has 6 nitrogen and oxygen atoms in total. The molecule has 294 valence electrons. The molecule has 0 atom stereocenters. The molecule has 0 bridgehead atoms. The maximum absolute atomic E-state index is 11.8. The summed E-state index contributed by atoms with van der Waals surface area (Å²) in [4.78, 5) is 18.1. The third-order valence-electron chi connectivity index (χ3n) is 10.2. The largest absolute Gasteiger partial charge is 0.494 e. The van der Waals surface area contributed by atoms with Crippen LogP contribution in [0.25, 0.3) is 47.8 Å². The van der Waals surface area contributed by atoms with Crippen LogP contribution >= 0.6 is 22.7 Å². The average molecular weight is 805 g/mol. The average Bonchev–Trinajstić information content (AvgIpc) is 3.82. The van der Waals surface area contributed by atoms with Crippen molar-refractivity contribution in [2.75, 3.05) is 18.1 Å². The number of fused-ring (bicyclic) bond motifs is 2. The molecule has 0 unspecified atom stereocenters. The standard InChI is InChI=1S/C50H48N2O4S2/c1-3-5-7-13-31-55-40-27-23-38(24-28-40)52(39-25-29-41(30-26-39)56-32-14-8-6-4-2)37-21-19-35(20-22-37)47-44-17-11-12-18-45(44)49(58-47)48-43-16-10-9-15-42(43)46(57-48)33-36(34-51)50(53)54/h9-12,15-30,33H,3-8,13-14,31-32H2,1-2H3,(H,53,54)/b36-33+. The number of nitrogens with zero attached hydrogens (tertiary/aromatic N) is 2. The third kappa shape index (κ3) is 9.29. The van der Waals surface area contributed by atoms with E-state index in [9.17, 15) is 15.2 Å². The zero-order valence-electron chi connectivity index (χ0n) is 33.1. The summed E-state index contributed by atoms with van der Waals surface area (Å²) in [6, 6.07) is 43.8. The maximum atomic E-state index is 11.8. The van der Waals surface area contributed by atoms with Gasteiger partial charge in [0.2, 0.25) is 0 Å². The summed E-state index contributed by atoms with van der Waals surface area (Å²) < 4.78 is 12.2. The number of carbonyl (C=O) groups is 1. The van der Waals surface area contributed by atoms with Gasteiger partial charge in [-0.25, -0.2) is 4.79 Å². The lowest BCUT2D eigenvalue weighted by atomic mass is 10.0. The van der Waals surface area contributed by atoms with E-state index in [1.54, 1.807) is 11.3 Å². The Morgan fingerprint density at radius 3 is 1.53 bits per heavy atom. The molecule has 0 saturated heterocycles. The number of nitriles is 1. The van der Waals surface area contributed by atoms with Crippen molar-refractivity contribution in [1.29, 1.82) is 5.26 Å². The molecule has 5 aromatic carbocycles. The van der Waals surface area contributed by atoms with E-state index >= 15 is 0 Å². The number of carboxylic acid groups (broad SMARTS) is 1. The maximum Gasteiger partial charge on any atom is 0.346 e. The number of benzene rings is 5. The number of anilines is 3. The monoisotopic (exact) mass is 804 g/mol. The number of hydrogen-bond acceptors (Lipinski definition) is 7. The highest BCUT2D eigenvalue weighted by molar-refractivity contribution is 7.26. The van der Waals surface area contributed by atoms with E-state index in [0.717, 1.165) is 101 Å². The Balaban J connectivity index is 1.22. The molecule has 0 aliphatic rings. The van der Waals surface area contributed by atoms with Crippen molar-refractivity contribution in [3.05, 3.63) is 132 Å². The fourth-order valence-electron chi connectivity index (χ4n) is 7.17. The summed E-state index contributed by atoms with van der Waals surface area (Å²) in [5.41, 5.74) is 3.90. The van der Waals surface area contributed by atoms with Gasteiger partial charge in [-0.3, -0.25) is 0 Å². The van der Waals surface area contributed by atoms with Gasteiger partial charge in [0.15, 0.2) is 0 Å².